The van der Waals surface area contributed by atoms with E-state index in [1.54, 1.807) is 0 Å². The van der Waals surface area contributed by atoms with Crippen molar-refractivity contribution in [2.75, 3.05) is 32.9 Å². The minimum atomic E-state index is 0.0321. The smallest absolute Gasteiger partial charge is 0.0731 e. The fourth-order valence-electron chi connectivity index (χ4n) is 4.23. The van der Waals surface area contributed by atoms with Crippen LogP contribution in [0, 0.1) is 0 Å². The molecule has 2 saturated heterocycles. The van der Waals surface area contributed by atoms with E-state index in [-0.39, 0.29) is 11.7 Å². The van der Waals surface area contributed by atoms with Crippen molar-refractivity contribution in [3.8, 4) is 0 Å². The van der Waals surface area contributed by atoms with Crippen LogP contribution in [0.3, 0.4) is 0 Å². The molecule has 152 valence electrons. The number of hydrogen-bond acceptors (Lipinski definition) is 4. The van der Waals surface area contributed by atoms with Crippen molar-refractivity contribution in [1.82, 2.24) is 4.90 Å². The van der Waals surface area contributed by atoms with Crippen LogP contribution in [-0.2, 0) is 27.2 Å². The average Bonchev–Trinajstić information content (AvgIpc) is 2.68. The molecule has 2 heterocycles. The first kappa shape index (κ1) is 20.8. The zero-order valence-corrected chi connectivity index (χ0v) is 17.4. The van der Waals surface area contributed by atoms with E-state index < -0.39 is 0 Å². The first-order chi connectivity index (χ1) is 13.1. The lowest BCUT2D eigenvalue weighted by Gasteiger charge is -2.46. The molecule has 4 nitrogen and oxygen atoms in total. The quantitative estimate of drug-likeness (QED) is 0.637. The Labute approximate surface area is 165 Å². The summed E-state index contributed by atoms with van der Waals surface area (Å²) in [6.07, 6.45) is 5.98. The summed E-state index contributed by atoms with van der Waals surface area (Å²) in [6.45, 7) is 11.8. The van der Waals surface area contributed by atoms with Gasteiger partial charge in [0.15, 0.2) is 0 Å². The van der Waals surface area contributed by atoms with Gasteiger partial charge in [0.25, 0.3) is 0 Å². The topological polar surface area (TPSA) is 30.9 Å². The maximum Gasteiger partial charge on any atom is 0.0731 e. The minimum absolute atomic E-state index is 0.0321. The van der Waals surface area contributed by atoms with Gasteiger partial charge < -0.3 is 14.2 Å². The lowest BCUT2D eigenvalue weighted by atomic mass is 9.83. The molecule has 0 N–H and O–H groups in total. The summed E-state index contributed by atoms with van der Waals surface area (Å²) in [5, 5.41) is 0. The molecule has 2 aliphatic rings. The number of nitrogens with zero attached hydrogens (tertiary/aromatic N) is 1. The highest BCUT2D eigenvalue weighted by molar-refractivity contribution is 5.22. The van der Waals surface area contributed by atoms with E-state index in [9.17, 15) is 0 Å². The van der Waals surface area contributed by atoms with Gasteiger partial charge in [-0.1, -0.05) is 31.2 Å². The predicted molar refractivity (Wildman–Crippen MR) is 109 cm³/mol. The lowest BCUT2D eigenvalue weighted by Crippen LogP contribution is -2.50. The van der Waals surface area contributed by atoms with Gasteiger partial charge in [-0.05, 0) is 50.7 Å². The van der Waals surface area contributed by atoms with Gasteiger partial charge in [0.1, 0.15) is 0 Å². The fourth-order valence-corrected chi connectivity index (χ4v) is 4.23. The molecule has 1 spiro atoms. The third-order valence-corrected chi connectivity index (χ3v) is 5.94. The van der Waals surface area contributed by atoms with Crippen LogP contribution in [0.1, 0.15) is 57.6 Å². The Kier molecular flexibility index (Phi) is 7.71. The first-order valence-corrected chi connectivity index (χ1v) is 10.8. The second kappa shape index (κ2) is 10.0. The molecule has 4 heteroatoms. The summed E-state index contributed by atoms with van der Waals surface area (Å²) in [7, 11) is 0. The van der Waals surface area contributed by atoms with Gasteiger partial charge in [-0.3, -0.25) is 4.90 Å². The van der Waals surface area contributed by atoms with E-state index >= 15 is 0 Å². The molecule has 0 saturated carbocycles. The van der Waals surface area contributed by atoms with Crippen LogP contribution < -0.4 is 0 Å². The standard InChI is InChI=1S/C23H37NO3/c1-4-20-5-7-21(8-6-20)18-24-12-10-23(11-13-24)17-22(9-14-27-23)26-16-15-25-19(2)3/h5-8,19,22H,4,9-18H2,1-3H3. The summed E-state index contributed by atoms with van der Waals surface area (Å²) in [6, 6.07) is 9.08. The second-order valence-electron chi connectivity index (χ2n) is 8.38. The predicted octanol–water partition coefficient (Wildman–Crippen LogP) is 4.20. The Bertz CT molecular complexity index is 549. The minimum Gasteiger partial charge on any atom is -0.376 e. The summed E-state index contributed by atoms with van der Waals surface area (Å²) in [4.78, 5) is 2.57. The van der Waals surface area contributed by atoms with Gasteiger partial charge in [0.05, 0.1) is 31.0 Å². The highest BCUT2D eigenvalue weighted by Crippen LogP contribution is 2.36. The van der Waals surface area contributed by atoms with Crippen molar-refractivity contribution < 1.29 is 14.2 Å². The van der Waals surface area contributed by atoms with Crippen molar-refractivity contribution in [2.45, 2.75) is 77.2 Å². The Morgan fingerprint density at radius 2 is 1.81 bits per heavy atom. The van der Waals surface area contributed by atoms with Crippen LogP contribution in [0.2, 0.25) is 0 Å². The van der Waals surface area contributed by atoms with Gasteiger partial charge in [-0.15, -0.1) is 0 Å². The Morgan fingerprint density at radius 3 is 2.48 bits per heavy atom. The normalized spacial score (nSPS) is 23.2. The molecule has 1 unspecified atom stereocenters. The largest absolute Gasteiger partial charge is 0.376 e. The molecule has 1 aromatic rings. The third-order valence-electron chi connectivity index (χ3n) is 5.94. The number of likely N-dealkylation sites (tertiary alicyclic amines) is 1. The molecule has 2 aliphatic heterocycles. The number of benzene rings is 1. The number of aryl methyl sites for hydroxylation is 1. The monoisotopic (exact) mass is 375 g/mol. The van der Waals surface area contributed by atoms with Crippen LogP contribution in [0.4, 0.5) is 0 Å². The molecule has 1 atom stereocenters. The lowest BCUT2D eigenvalue weighted by molar-refractivity contribution is -0.159. The maximum atomic E-state index is 6.27. The summed E-state index contributed by atoms with van der Waals surface area (Å²) < 4.78 is 18.0. The Balaban J connectivity index is 1.42. The molecule has 0 bridgehead atoms. The van der Waals surface area contributed by atoms with E-state index in [1.807, 2.05) is 0 Å². The van der Waals surface area contributed by atoms with Gasteiger partial charge in [0.2, 0.25) is 0 Å². The first-order valence-electron chi connectivity index (χ1n) is 10.8. The van der Waals surface area contributed by atoms with Gasteiger partial charge >= 0.3 is 0 Å². The number of rotatable bonds is 8. The Morgan fingerprint density at radius 1 is 1.11 bits per heavy atom. The van der Waals surface area contributed by atoms with Gasteiger partial charge in [-0.2, -0.15) is 0 Å². The third kappa shape index (κ3) is 6.28. The van der Waals surface area contributed by atoms with Crippen molar-refractivity contribution in [3.63, 3.8) is 0 Å². The number of hydrogen-bond donors (Lipinski definition) is 0. The molecule has 0 radical (unpaired) electrons. The van der Waals surface area contributed by atoms with Crippen LogP contribution >= 0.6 is 0 Å². The van der Waals surface area contributed by atoms with Crippen molar-refractivity contribution in [2.24, 2.45) is 0 Å². The molecule has 0 amide bonds. The van der Waals surface area contributed by atoms with E-state index in [2.05, 4.69) is 49.9 Å². The van der Waals surface area contributed by atoms with E-state index in [0.29, 0.717) is 19.3 Å². The molecule has 27 heavy (non-hydrogen) atoms. The maximum absolute atomic E-state index is 6.27. The number of piperidine rings is 1. The Hall–Kier alpha value is -0.940. The zero-order chi connectivity index (χ0) is 19.1. The molecule has 0 aromatic heterocycles. The van der Waals surface area contributed by atoms with Crippen molar-refractivity contribution in [3.05, 3.63) is 35.4 Å². The van der Waals surface area contributed by atoms with Crippen LogP contribution in [-0.4, -0.2) is 55.6 Å². The summed E-state index contributed by atoms with van der Waals surface area (Å²) in [5.74, 6) is 0. The second-order valence-corrected chi connectivity index (χ2v) is 8.38. The van der Waals surface area contributed by atoms with Crippen LogP contribution in [0.25, 0.3) is 0 Å². The van der Waals surface area contributed by atoms with E-state index in [1.165, 1.54) is 11.1 Å². The van der Waals surface area contributed by atoms with Gasteiger partial charge in [0, 0.05) is 32.7 Å². The van der Waals surface area contributed by atoms with Crippen molar-refractivity contribution in [1.29, 1.82) is 0 Å². The van der Waals surface area contributed by atoms with E-state index in [4.69, 9.17) is 14.2 Å². The molecule has 1 aromatic carbocycles. The van der Waals surface area contributed by atoms with Gasteiger partial charge in [-0.25, -0.2) is 0 Å². The number of ether oxygens (including phenoxy) is 3. The zero-order valence-electron chi connectivity index (χ0n) is 17.4. The van der Waals surface area contributed by atoms with Crippen molar-refractivity contribution >= 4 is 0 Å². The summed E-state index contributed by atoms with van der Waals surface area (Å²) >= 11 is 0. The fraction of sp³-hybridized carbons (Fsp3) is 0.739. The molecular weight excluding hydrogens is 338 g/mol. The SMILES string of the molecule is CCc1ccc(CN2CCC3(CC2)CC(OCCOC(C)C)CCO3)cc1. The summed E-state index contributed by atoms with van der Waals surface area (Å²) in [5.41, 5.74) is 2.86. The molecule has 0 aliphatic carbocycles. The van der Waals surface area contributed by atoms with E-state index in [0.717, 1.165) is 58.3 Å². The highest BCUT2D eigenvalue weighted by atomic mass is 16.5. The van der Waals surface area contributed by atoms with Crippen LogP contribution in [0.15, 0.2) is 24.3 Å². The molecular formula is C23H37NO3. The average molecular weight is 376 g/mol. The van der Waals surface area contributed by atoms with Crippen LogP contribution in [0.5, 0.6) is 0 Å². The molecule has 2 fully saturated rings. The molecule has 3 rings (SSSR count). The highest BCUT2D eigenvalue weighted by Gasteiger charge is 2.40.